The molecule has 1 aromatic carbocycles. The predicted molar refractivity (Wildman–Crippen MR) is 72.5 cm³/mol. The Morgan fingerprint density at radius 3 is 2.68 bits per heavy atom. The van der Waals surface area contributed by atoms with E-state index >= 15 is 0 Å². The zero-order chi connectivity index (χ0) is 14.4. The third-order valence-electron chi connectivity index (χ3n) is 2.87. The Hall–Kier alpha value is -1.53. The minimum atomic E-state index is -0.787. The van der Waals surface area contributed by atoms with Crippen LogP contribution in [0, 0.1) is 15.9 Å². The molecule has 106 valence electrons. The van der Waals surface area contributed by atoms with Crippen LogP contribution >= 0.6 is 0 Å². The van der Waals surface area contributed by atoms with Crippen LogP contribution in [0.25, 0.3) is 0 Å². The Kier molecular flexibility index (Phi) is 5.85. The average Bonchev–Trinajstić information content (AvgIpc) is 2.33. The Morgan fingerprint density at radius 2 is 2.16 bits per heavy atom. The molecule has 1 aromatic rings. The number of hydrogen-bond donors (Lipinski definition) is 1. The smallest absolute Gasteiger partial charge is 0.304 e. The van der Waals surface area contributed by atoms with Gasteiger partial charge in [-0.05, 0) is 45.6 Å². The van der Waals surface area contributed by atoms with E-state index in [1.807, 2.05) is 14.1 Å². The van der Waals surface area contributed by atoms with Crippen LogP contribution in [0.1, 0.15) is 18.9 Å². The maximum atomic E-state index is 13.4. The molecule has 1 N–H and O–H groups in total. The Morgan fingerprint density at radius 1 is 1.47 bits per heavy atom. The molecule has 0 radical (unpaired) electrons. The third-order valence-corrected chi connectivity index (χ3v) is 2.87. The van der Waals surface area contributed by atoms with Gasteiger partial charge in [0.25, 0.3) is 0 Å². The molecule has 1 unspecified atom stereocenters. The molecule has 0 fully saturated rings. The standard InChI is InChI=1S/C13H20FN3O2/c1-10(6-7-16(2)3)15-9-11-4-5-13(17(18)19)12(14)8-11/h4-5,8,10,15H,6-7,9H2,1-3H3. The Labute approximate surface area is 112 Å². The van der Waals surface area contributed by atoms with Gasteiger partial charge in [-0.1, -0.05) is 6.07 Å². The van der Waals surface area contributed by atoms with Gasteiger partial charge in [0.15, 0.2) is 0 Å². The second-order valence-electron chi connectivity index (χ2n) is 4.92. The zero-order valence-corrected chi connectivity index (χ0v) is 11.5. The van der Waals surface area contributed by atoms with E-state index in [9.17, 15) is 14.5 Å². The topological polar surface area (TPSA) is 58.4 Å². The number of hydrogen-bond acceptors (Lipinski definition) is 4. The molecular weight excluding hydrogens is 249 g/mol. The van der Waals surface area contributed by atoms with Crippen molar-refractivity contribution >= 4 is 5.69 Å². The number of nitro groups is 1. The number of benzene rings is 1. The molecule has 1 rings (SSSR count). The first-order valence-electron chi connectivity index (χ1n) is 6.21. The summed E-state index contributed by atoms with van der Waals surface area (Å²) in [6.07, 6.45) is 0.989. The van der Waals surface area contributed by atoms with Crippen molar-refractivity contribution in [1.82, 2.24) is 10.2 Å². The van der Waals surface area contributed by atoms with Crippen molar-refractivity contribution in [2.45, 2.75) is 25.9 Å². The van der Waals surface area contributed by atoms with Gasteiger partial charge < -0.3 is 10.2 Å². The first-order valence-corrected chi connectivity index (χ1v) is 6.21. The molecule has 5 nitrogen and oxygen atoms in total. The summed E-state index contributed by atoms with van der Waals surface area (Å²) in [5.41, 5.74) is 0.226. The molecule has 0 aliphatic carbocycles. The van der Waals surface area contributed by atoms with Gasteiger partial charge in [-0.15, -0.1) is 0 Å². The van der Waals surface area contributed by atoms with Crippen LogP contribution in [0.3, 0.4) is 0 Å². The van der Waals surface area contributed by atoms with Gasteiger partial charge in [0.1, 0.15) is 0 Å². The summed E-state index contributed by atoms with van der Waals surface area (Å²) in [4.78, 5) is 11.9. The minimum absolute atomic E-state index is 0.306. The first-order chi connectivity index (χ1) is 8.90. The summed E-state index contributed by atoms with van der Waals surface area (Å²) in [6, 6.07) is 4.30. The van der Waals surface area contributed by atoms with Crippen LogP contribution in [0.5, 0.6) is 0 Å². The molecule has 0 spiro atoms. The highest BCUT2D eigenvalue weighted by Crippen LogP contribution is 2.17. The molecule has 0 amide bonds. The summed E-state index contributed by atoms with van der Waals surface area (Å²) < 4.78 is 13.4. The summed E-state index contributed by atoms with van der Waals surface area (Å²) in [5.74, 6) is -0.787. The van der Waals surface area contributed by atoms with Gasteiger partial charge in [-0.3, -0.25) is 10.1 Å². The van der Waals surface area contributed by atoms with Crippen LogP contribution in [0.2, 0.25) is 0 Å². The quantitative estimate of drug-likeness (QED) is 0.609. The van der Waals surface area contributed by atoms with Gasteiger partial charge in [0, 0.05) is 18.7 Å². The third kappa shape index (κ3) is 5.32. The summed E-state index contributed by atoms with van der Waals surface area (Å²) >= 11 is 0. The zero-order valence-electron chi connectivity index (χ0n) is 11.5. The molecule has 0 aromatic heterocycles. The highest BCUT2D eigenvalue weighted by molar-refractivity contribution is 5.34. The highest BCUT2D eigenvalue weighted by Gasteiger charge is 2.13. The monoisotopic (exact) mass is 269 g/mol. The molecule has 0 saturated heterocycles. The first kappa shape index (κ1) is 15.5. The SMILES string of the molecule is CC(CCN(C)C)NCc1ccc([N+](=O)[O-])c(F)c1. The summed E-state index contributed by atoms with van der Waals surface area (Å²) in [5, 5.41) is 13.8. The molecular formula is C13H20FN3O2. The lowest BCUT2D eigenvalue weighted by Crippen LogP contribution is -2.29. The van der Waals surface area contributed by atoms with Crippen molar-refractivity contribution in [1.29, 1.82) is 0 Å². The van der Waals surface area contributed by atoms with Crippen molar-refractivity contribution < 1.29 is 9.31 Å². The number of halogens is 1. The Balaban J connectivity index is 2.50. The molecule has 0 aliphatic rings. The van der Waals surface area contributed by atoms with Crippen molar-refractivity contribution in [2.24, 2.45) is 0 Å². The largest absolute Gasteiger partial charge is 0.310 e. The molecule has 19 heavy (non-hydrogen) atoms. The predicted octanol–water partition coefficient (Wildman–Crippen LogP) is 2.16. The van der Waals surface area contributed by atoms with Gasteiger partial charge in [-0.2, -0.15) is 4.39 Å². The van der Waals surface area contributed by atoms with Crippen LogP contribution in [-0.4, -0.2) is 36.5 Å². The van der Waals surface area contributed by atoms with Gasteiger partial charge in [0.2, 0.25) is 5.82 Å². The molecule has 0 saturated carbocycles. The molecule has 6 heteroatoms. The number of rotatable bonds is 7. The lowest BCUT2D eigenvalue weighted by molar-refractivity contribution is -0.387. The fourth-order valence-electron chi connectivity index (χ4n) is 1.65. The molecule has 0 heterocycles. The fourth-order valence-corrected chi connectivity index (χ4v) is 1.65. The van der Waals surface area contributed by atoms with Gasteiger partial charge in [0.05, 0.1) is 4.92 Å². The van der Waals surface area contributed by atoms with E-state index in [1.165, 1.54) is 12.1 Å². The van der Waals surface area contributed by atoms with E-state index in [4.69, 9.17) is 0 Å². The van der Waals surface area contributed by atoms with E-state index in [0.717, 1.165) is 13.0 Å². The number of nitrogens with one attached hydrogen (secondary N) is 1. The molecule has 0 aliphatic heterocycles. The minimum Gasteiger partial charge on any atom is -0.310 e. The number of nitro benzene ring substituents is 1. The van der Waals surface area contributed by atoms with Crippen molar-refractivity contribution in [3.8, 4) is 0 Å². The lowest BCUT2D eigenvalue weighted by atomic mass is 10.1. The van der Waals surface area contributed by atoms with E-state index in [2.05, 4.69) is 17.1 Å². The number of nitrogens with zero attached hydrogens (tertiary/aromatic N) is 2. The Bertz CT molecular complexity index is 438. The fraction of sp³-hybridized carbons (Fsp3) is 0.538. The second-order valence-corrected chi connectivity index (χ2v) is 4.92. The second kappa shape index (κ2) is 7.16. The normalized spacial score (nSPS) is 12.7. The van der Waals surface area contributed by atoms with Gasteiger partial charge in [-0.25, -0.2) is 0 Å². The van der Waals surface area contributed by atoms with Crippen LogP contribution in [0.15, 0.2) is 18.2 Å². The molecule has 1 atom stereocenters. The lowest BCUT2D eigenvalue weighted by Gasteiger charge is -2.16. The average molecular weight is 269 g/mol. The van der Waals surface area contributed by atoms with E-state index in [-0.39, 0.29) is 0 Å². The van der Waals surface area contributed by atoms with E-state index in [0.29, 0.717) is 18.2 Å². The molecule has 0 bridgehead atoms. The van der Waals surface area contributed by atoms with Crippen LogP contribution in [0.4, 0.5) is 10.1 Å². The van der Waals surface area contributed by atoms with Gasteiger partial charge >= 0.3 is 5.69 Å². The maximum Gasteiger partial charge on any atom is 0.304 e. The maximum absolute atomic E-state index is 13.4. The van der Waals surface area contributed by atoms with Crippen molar-refractivity contribution in [2.75, 3.05) is 20.6 Å². The summed E-state index contributed by atoms with van der Waals surface area (Å²) in [7, 11) is 4.02. The van der Waals surface area contributed by atoms with Crippen molar-refractivity contribution in [3.63, 3.8) is 0 Å². The van der Waals surface area contributed by atoms with E-state index in [1.54, 1.807) is 6.07 Å². The van der Waals surface area contributed by atoms with E-state index < -0.39 is 16.4 Å². The van der Waals surface area contributed by atoms with Crippen LogP contribution < -0.4 is 5.32 Å². The highest BCUT2D eigenvalue weighted by atomic mass is 19.1. The van der Waals surface area contributed by atoms with Crippen molar-refractivity contribution in [3.05, 3.63) is 39.7 Å². The van der Waals surface area contributed by atoms with Crippen LogP contribution in [-0.2, 0) is 6.54 Å². The summed E-state index contributed by atoms with van der Waals surface area (Å²) in [6.45, 7) is 3.54.